The van der Waals surface area contributed by atoms with Gasteiger partial charge >= 0.3 is 0 Å². The molecular weight excluding hydrogens is 546 g/mol. The van der Waals surface area contributed by atoms with Gasteiger partial charge in [-0.3, -0.25) is 14.3 Å². The number of aliphatic hydroxyl groups excluding tert-OH is 1. The van der Waals surface area contributed by atoms with Crippen LogP contribution in [0.4, 0.5) is 0 Å². The monoisotopic (exact) mass is 585 g/mol. The maximum atomic E-state index is 13.7. The van der Waals surface area contributed by atoms with Crippen molar-refractivity contribution in [2.45, 2.75) is 64.4 Å². The van der Waals surface area contributed by atoms with Crippen molar-refractivity contribution in [2.75, 3.05) is 13.1 Å². The van der Waals surface area contributed by atoms with Crippen LogP contribution >= 0.6 is 11.3 Å². The molecule has 0 saturated carbocycles. The maximum Gasteiger partial charge on any atom is 0.254 e. The Morgan fingerprint density at radius 3 is 2.64 bits per heavy atom. The summed E-state index contributed by atoms with van der Waals surface area (Å²) in [5, 5.41) is 23.9. The normalized spacial score (nSPS) is 16.4. The van der Waals surface area contributed by atoms with Crippen molar-refractivity contribution >= 4 is 23.2 Å². The Morgan fingerprint density at radius 1 is 1.10 bits per heavy atom. The summed E-state index contributed by atoms with van der Waals surface area (Å²) in [5.41, 5.74) is 3.81. The molecule has 3 N–H and O–H groups in total. The molecule has 0 bridgehead atoms. The minimum Gasteiger partial charge on any atom is -0.390 e. The van der Waals surface area contributed by atoms with Crippen molar-refractivity contribution in [1.82, 2.24) is 25.3 Å². The third-order valence-electron chi connectivity index (χ3n) is 7.74. The van der Waals surface area contributed by atoms with E-state index in [1.807, 2.05) is 83.7 Å². The smallest absolute Gasteiger partial charge is 0.254 e. The Labute approximate surface area is 251 Å². The van der Waals surface area contributed by atoms with Gasteiger partial charge in [0, 0.05) is 53.9 Å². The zero-order chi connectivity index (χ0) is 29.5. The van der Waals surface area contributed by atoms with Gasteiger partial charge in [0.2, 0.25) is 0 Å². The van der Waals surface area contributed by atoms with Gasteiger partial charge in [-0.1, -0.05) is 36.4 Å². The first-order valence-corrected chi connectivity index (χ1v) is 15.5. The molecule has 2 aromatic heterocycles. The number of nitrogens with one attached hydrogen (secondary N) is 2. The summed E-state index contributed by atoms with van der Waals surface area (Å²) in [4.78, 5) is 30.4. The molecule has 8 nitrogen and oxygen atoms in total. The third-order valence-corrected chi connectivity index (χ3v) is 8.72. The number of aromatic nitrogens is 2. The Balaban J connectivity index is 1.29. The number of rotatable bonds is 12. The highest BCUT2D eigenvalue weighted by Gasteiger charge is 2.32. The van der Waals surface area contributed by atoms with Gasteiger partial charge in [-0.15, -0.1) is 11.3 Å². The number of amides is 2. The number of thiophene rings is 1. The van der Waals surface area contributed by atoms with E-state index in [9.17, 15) is 14.7 Å². The fourth-order valence-corrected chi connectivity index (χ4v) is 6.44. The van der Waals surface area contributed by atoms with Gasteiger partial charge in [0.25, 0.3) is 11.8 Å². The molecule has 3 atom stereocenters. The molecule has 0 radical (unpaired) electrons. The standard InChI is InChI=1S/C33H39N5O3S/c1-3-37-22-25(20-35-37)19-34-21-30(39)28(17-24-9-5-4-6-10-24)36-32(40)26-15-23(2)16-27(18-26)33(41)38-13-7-11-29(38)31-12-8-14-42-31/h4-6,8-10,12,14-16,18,20,22,28-30,34,39H,3,7,11,13,17,19,21H2,1-2H3,(H,36,40)/t28?,29?,30-/m1/s1. The zero-order valence-electron chi connectivity index (χ0n) is 24.2. The van der Waals surface area contributed by atoms with Gasteiger partial charge in [-0.25, -0.2) is 0 Å². The largest absolute Gasteiger partial charge is 0.390 e. The molecule has 9 heteroatoms. The number of aliphatic hydroxyl groups is 1. The van der Waals surface area contributed by atoms with Gasteiger partial charge in [0.1, 0.15) is 0 Å². The Kier molecular flexibility index (Phi) is 9.84. The van der Waals surface area contributed by atoms with Crippen LogP contribution in [0.15, 0.2) is 78.4 Å². The third kappa shape index (κ3) is 7.34. The van der Waals surface area contributed by atoms with Crippen LogP contribution in [-0.2, 0) is 19.5 Å². The molecular formula is C33H39N5O3S. The number of benzene rings is 2. The van der Waals surface area contributed by atoms with Crippen LogP contribution in [-0.4, -0.2) is 56.8 Å². The Bertz CT molecular complexity index is 1470. The van der Waals surface area contributed by atoms with E-state index in [1.54, 1.807) is 23.5 Å². The second kappa shape index (κ2) is 13.9. The molecule has 1 saturated heterocycles. The molecule has 5 rings (SSSR count). The van der Waals surface area contributed by atoms with Gasteiger partial charge in [-0.2, -0.15) is 5.10 Å². The predicted molar refractivity (Wildman–Crippen MR) is 166 cm³/mol. The Hall–Kier alpha value is -3.79. The summed E-state index contributed by atoms with van der Waals surface area (Å²) in [6.45, 7) is 6.30. The fraction of sp³-hybridized carbons (Fsp3) is 0.364. The Morgan fingerprint density at radius 2 is 1.90 bits per heavy atom. The SMILES string of the molecule is CCn1cc(CNC[C@@H](O)C(Cc2ccccc2)NC(=O)c2cc(C)cc(C(=O)N3CCCC3c3cccs3)c2)cn1. The van der Waals surface area contributed by atoms with E-state index < -0.39 is 12.1 Å². The summed E-state index contributed by atoms with van der Waals surface area (Å²) in [6, 6.07) is 18.8. The van der Waals surface area contributed by atoms with E-state index in [-0.39, 0.29) is 17.9 Å². The van der Waals surface area contributed by atoms with E-state index in [0.717, 1.165) is 36.1 Å². The summed E-state index contributed by atoms with van der Waals surface area (Å²) >= 11 is 1.67. The van der Waals surface area contributed by atoms with E-state index >= 15 is 0 Å². The van der Waals surface area contributed by atoms with Crippen LogP contribution in [0.3, 0.4) is 0 Å². The number of nitrogens with zero attached hydrogens (tertiary/aromatic N) is 3. The van der Waals surface area contributed by atoms with Gasteiger partial charge in [0.05, 0.1) is 24.4 Å². The van der Waals surface area contributed by atoms with Gasteiger partial charge in [-0.05, 0) is 73.9 Å². The molecule has 0 aliphatic carbocycles. The van der Waals surface area contributed by atoms with Crippen molar-refractivity contribution in [3.63, 3.8) is 0 Å². The second-order valence-electron chi connectivity index (χ2n) is 10.9. The maximum absolute atomic E-state index is 13.7. The van der Waals surface area contributed by atoms with Crippen molar-refractivity contribution in [3.8, 4) is 0 Å². The molecule has 1 aliphatic heterocycles. The predicted octanol–water partition coefficient (Wildman–Crippen LogP) is 4.74. The van der Waals surface area contributed by atoms with Gasteiger partial charge < -0.3 is 20.6 Å². The van der Waals surface area contributed by atoms with Crippen molar-refractivity contribution in [3.05, 3.63) is 111 Å². The number of hydrogen-bond acceptors (Lipinski definition) is 6. The quantitative estimate of drug-likeness (QED) is 0.223. The topological polar surface area (TPSA) is 99.5 Å². The first-order chi connectivity index (χ1) is 20.4. The van der Waals surface area contributed by atoms with Crippen molar-refractivity contribution in [1.29, 1.82) is 0 Å². The first-order valence-electron chi connectivity index (χ1n) is 14.6. The molecule has 2 aromatic carbocycles. The van der Waals surface area contributed by atoms with E-state index in [4.69, 9.17) is 0 Å². The van der Waals surface area contributed by atoms with Crippen LogP contribution in [0.1, 0.15) is 68.1 Å². The highest BCUT2D eigenvalue weighted by atomic mass is 32.1. The van der Waals surface area contributed by atoms with Gasteiger partial charge in [0.15, 0.2) is 0 Å². The summed E-state index contributed by atoms with van der Waals surface area (Å²) in [6.07, 6.45) is 5.33. The number of carbonyl (C=O) groups is 2. The molecule has 1 aliphatic rings. The van der Waals surface area contributed by atoms with E-state index in [1.165, 1.54) is 4.88 Å². The van der Waals surface area contributed by atoms with Crippen LogP contribution < -0.4 is 10.6 Å². The fourth-order valence-electron chi connectivity index (χ4n) is 5.57. The highest BCUT2D eigenvalue weighted by molar-refractivity contribution is 7.10. The number of carbonyl (C=O) groups excluding carboxylic acids is 2. The van der Waals surface area contributed by atoms with E-state index in [2.05, 4.69) is 21.8 Å². The number of aryl methyl sites for hydroxylation is 2. The molecule has 3 heterocycles. The van der Waals surface area contributed by atoms with Crippen LogP contribution in [0.2, 0.25) is 0 Å². The number of hydrogen-bond donors (Lipinski definition) is 3. The van der Waals surface area contributed by atoms with Crippen LogP contribution in [0.25, 0.3) is 0 Å². The van der Waals surface area contributed by atoms with Crippen molar-refractivity contribution in [2.24, 2.45) is 0 Å². The minimum absolute atomic E-state index is 0.0554. The summed E-state index contributed by atoms with van der Waals surface area (Å²) < 4.78 is 1.86. The summed E-state index contributed by atoms with van der Waals surface area (Å²) in [5.74, 6) is -0.367. The summed E-state index contributed by atoms with van der Waals surface area (Å²) in [7, 11) is 0. The first kappa shape index (κ1) is 29.7. The molecule has 2 unspecified atom stereocenters. The lowest BCUT2D eigenvalue weighted by atomic mass is 9.99. The second-order valence-corrected chi connectivity index (χ2v) is 11.9. The lowest BCUT2D eigenvalue weighted by molar-refractivity contribution is 0.0737. The molecule has 1 fully saturated rings. The van der Waals surface area contributed by atoms with E-state index in [0.29, 0.717) is 37.2 Å². The van der Waals surface area contributed by atoms with Crippen LogP contribution in [0, 0.1) is 6.92 Å². The zero-order valence-corrected chi connectivity index (χ0v) is 25.0. The van der Waals surface area contributed by atoms with Crippen molar-refractivity contribution < 1.29 is 14.7 Å². The minimum atomic E-state index is -0.836. The lowest BCUT2D eigenvalue weighted by Crippen LogP contribution is -2.48. The number of likely N-dealkylation sites (tertiary alicyclic amines) is 1. The molecule has 220 valence electrons. The molecule has 42 heavy (non-hydrogen) atoms. The molecule has 4 aromatic rings. The molecule has 2 amide bonds. The lowest BCUT2D eigenvalue weighted by Gasteiger charge is -2.26. The van der Waals surface area contributed by atoms with Crippen LogP contribution in [0.5, 0.6) is 0 Å². The average Bonchev–Trinajstić information content (AvgIpc) is 3.78. The average molecular weight is 586 g/mol. The highest BCUT2D eigenvalue weighted by Crippen LogP contribution is 2.35. The molecule has 0 spiro atoms.